The van der Waals surface area contributed by atoms with Crippen LogP contribution in [0.4, 0.5) is 24.7 Å². The molecule has 16 heteroatoms. The van der Waals surface area contributed by atoms with Crippen LogP contribution in [0.25, 0.3) is 0 Å². The van der Waals surface area contributed by atoms with Crippen molar-refractivity contribution in [1.29, 1.82) is 0 Å². The number of hydrogen-bond acceptors (Lipinski definition) is 10. The van der Waals surface area contributed by atoms with E-state index in [1.165, 1.54) is 6.42 Å². The molecule has 2 fully saturated rings. The van der Waals surface area contributed by atoms with Crippen LogP contribution in [0.2, 0.25) is 0 Å². The summed E-state index contributed by atoms with van der Waals surface area (Å²) in [5.74, 6) is 3.52. The van der Waals surface area contributed by atoms with Crippen LogP contribution in [0.5, 0.6) is 17.2 Å². The van der Waals surface area contributed by atoms with Gasteiger partial charge in [-0.05, 0) is 79.6 Å². The van der Waals surface area contributed by atoms with Crippen molar-refractivity contribution in [1.82, 2.24) is 9.88 Å². The standard InChI is InChI=1S/C39H47N4O4S.CHF3O3S/c1-45-31-16-20-33(21-17-31)48(34-22-18-32(46-2)19-23-34)38-15-9-14-37(40-38)43(39(44)30-10-5-4-6-11-30)29-26-41-24-27-42(28-25-41)35-12-7-8-13-36(35)47-3;2-1(3,4)8(5,6)7/h7-9,12-23,30H,4-6,10-11,24-29H2,1-3H3;(H,5,6,7)/q+1;/p-1. The highest BCUT2D eigenvalue weighted by molar-refractivity contribution is 7.97. The van der Waals surface area contributed by atoms with Gasteiger partial charge >= 0.3 is 5.51 Å². The molecule has 2 aliphatic rings. The van der Waals surface area contributed by atoms with E-state index in [9.17, 15) is 18.0 Å². The number of benzene rings is 3. The molecule has 302 valence electrons. The third-order valence-corrected chi connectivity index (χ3v) is 12.4. The lowest BCUT2D eigenvalue weighted by molar-refractivity contribution is -0.123. The zero-order chi connectivity index (χ0) is 40.3. The summed E-state index contributed by atoms with van der Waals surface area (Å²) in [6.07, 6.45) is 5.34. The van der Waals surface area contributed by atoms with E-state index in [1.807, 2.05) is 47.4 Å². The SMILES string of the molecule is COc1ccc([S+](c2ccc(OC)cc2)c2cccc(N(CCN3CCN(c4ccccc4OC)CC3)C(=O)C3CCCCC3)n2)cc1.O=S(=O)([O-])C(F)(F)F. The molecule has 4 aromatic rings. The maximum absolute atomic E-state index is 14.3. The van der Waals surface area contributed by atoms with Gasteiger partial charge in [-0.1, -0.05) is 37.5 Å². The van der Waals surface area contributed by atoms with Crippen molar-refractivity contribution in [2.75, 3.05) is 70.4 Å². The Morgan fingerprint density at radius 3 is 1.88 bits per heavy atom. The van der Waals surface area contributed by atoms with E-state index >= 15 is 0 Å². The predicted molar refractivity (Wildman–Crippen MR) is 209 cm³/mol. The van der Waals surface area contributed by atoms with Crippen LogP contribution < -0.4 is 24.0 Å². The number of aromatic nitrogens is 1. The Balaban J connectivity index is 0.000000677. The van der Waals surface area contributed by atoms with Crippen molar-refractivity contribution in [2.24, 2.45) is 5.92 Å². The lowest BCUT2D eigenvalue weighted by Gasteiger charge is -2.37. The summed E-state index contributed by atoms with van der Waals surface area (Å²) < 4.78 is 75.4. The Morgan fingerprint density at radius 1 is 0.804 bits per heavy atom. The van der Waals surface area contributed by atoms with Crippen molar-refractivity contribution in [3.05, 3.63) is 91.0 Å². The number of para-hydroxylation sites is 2. The van der Waals surface area contributed by atoms with E-state index in [4.69, 9.17) is 32.2 Å². The first-order chi connectivity index (χ1) is 26.8. The number of pyridine rings is 1. The Kier molecular flexibility index (Phi) is 14.9. The van der Waals surface area contributed by atoms with Crippen molar-refractivity contribution in [2.45, 2.75) is 52.4 Å². The van der Waals surface area contributed by atoms with Crippen molar-refractivity contribution >= 4 is 38.4 Å². The number of piperazine rings is 1. The molecule has 0 unspecified atom stereocenters. The molecule has 1 saturated carbocycles. The number of ether oxygens (including phenoxy) is 3. The highest BCUT2D eigenvalue weighted by Crippen LogP contribution is 2.34. The van der Waals surface area contributed by atoms with Crippen molar-refractivity contribution in [3.63, 3.8) is 0 Å². The van der Waals surface area contributed by atoms with Gasteiger partial charge in [0.1, 0.15) is 34.0 Å². The topological polar surface area (TPSA) is 125 Å². The Morgan fingerprint density at radius 2 is 1.36 bits per heavy atom. The number of rotatable bonds is 12. The van der Waals surface area contributed by atoms with Crippen LogP contribution in [0.15, 0.2) is 106 Å². The van der Waals surface area contributed by atoms with Gasteiger partial charge in [0.15, 0.2) is 19.9 Å². The molecule has 1 saturated heterocycles. The Labute approximate surface area is 329 Å². The minimum Gasteiger partial charge on any atom is -0.741 e. The second kappa shape index (κ2) is 19.6. The highest BCUT2D eigenvalue weighted by atomic mass is 32.2. The number of carbonyl (C=O) groups excluding carboxylic acids is 1. The van der Waals surface area contributed by atoms with Gasteiger partial charge in [0, 0.05) is 51.3 Å². The summed E-state index contributed by atoms with van der Waals surface area (Å²) in [4.78, 5) is 28.6. The number of halogens is 3. The molecule has 1 aliphatic carbocycles. The summed E-state index contributed by atoms with van der Waals surface area (Å²) >= 11 is 0. The number of nitrogens with zero attached hydrogens (tertiary/aromatic N) is 4. The van der Waals surface area contributed by atoms with E-state index in [1.54, 1.807) is 21.3 Å². The normalized spacial score (nSPS) is 15.5. The summed E-state index contributed by atoms with van der Waals surface area (Å²) in [6, 6.07) is 30.8. The van der Waals surface area contributed by atoms with E-state index in [-0.39, 0.29) is 11.8 Å². The maximum Gasteiger partial charge on any atom is 0.485 e. The van der Waals surface area contributed by atoms with E-state index in [0.717, 1.165) is 102 Å². The van der Waals surface area contributed by atoms with E-state index in [0.29, 0.717) is 6.54 Å². The molecule has 1 amide bonds. The number of anilines is 2. The molecule has 1 aromatic heterocycles. The monoisotopic (exact) mass is 816 g/mol. The summed E-state index contributed by atoms with van der Waals surface area (Å²) in [5.41, 5.74) is -4.51. The third-order valence-electron chi connectivity index (χ3n) is 9.73. The van der Waals surface area contributed by atoms with Crippen molar-refractivity contribution < 1.29 is 45.1 Å². The lowest BCUT2D eigenvalue weighted by atomic mass is 9.88. The van der Waals surface area contributed by atoms with E-state index < -0.39 is 26.5 Å². The smallest absolute Gasteiger partial charge is 0.485 e. The summed E-state index contributed by atoms with van der Waals surface area (Å²) in [7, 11) is -1.50. The van der Waals surface area contributed by atoms with Crippen LogP contribution >= 0.6 is 0 Å². The van der Waals surface area contributed by atoms with Gasteiger partial charge in [-0.15, -0.1) is 0 Å². The Hall–Kier alpha value is -4.51. The third kappa shape index (κ3) is 11.1. The first kappa shape index (κ1) is 42.6. The average Bonchev–Trinajstić information content (AvgIpc) is 3.21. The quantitative estimate of drug-likeness (QED) is 0.0840. The zero-order valence-electron chi connectivity index (χ0n) is 31.6. The highest BCUT2D eigenvalue weighted by Gasteiger charge is 2.37. The first-order valence-corrected chi connectivity index (χ1v) is 20.9. The molecular weight excluding hydrogens is 770 g/mol. The average molecular weight is 817 g/mol. The van der Waals surface area contributed by atoms with Gasteiger partial charge in [0.2, 0.25) is 5.91 Å². The fraction of sp³-hybridized carbons (Fsp3) is 0.400. The number of carbonyl (C=O) groups is 1. The number of methoxy groups -OCH3 is 3. The maximum atomic E-state index is 14.3. The molecule has 11 nitrogen and oxygen atoms in total. The second-order valence-corrected chi connectivity index (χ2v) is 16.6. The molecule has 0 N–H and O–H groups in total. The largest absolute Gasteiger partial charge is 0.741 e. The zero-order valence-corrected chi connectivity index (χ0v) is 33.2. The molecule has 6 rings (SSSR count). The second-order valence-electron chi connectivity index (χ2n) is 13.2. The lowest BCUT2D eigenvalue weighted by Crippen LogP contribution is -2.50. The molecular formula is C40H47F3N4O7S2. The van der Waals surface area contributed by atoms with Gasteiger partial charge in [0.25, 0.3) is 5.03 Å². The molecule has 56 heavy (non-hydrogen) atoms. The molecule has 0 spiro atoms. The van der Waals surface area contributed by atoms with Crippen LogP contribution in [-0.4, -0.2) is 94.9 Å². The van der Waals surface area contributed by atoms with Gasteiger partial charge < -0.3 is 23.7 Å². The summed E-state index contributed by atoms with van der Waals surface area (Å²) in [6.45, 7) is 5.09. The minimum atomic E-state index is -6.09. The predicted octanol–water partition coefficient (Wildman–Crippen LogP) is 6.99. The first-order valence-electron chi connectivity index (χ1n) is 18.3. The van der Waals surface area contributed by atoms with Crippen molar-refractivity contribution in [3.8, 4) is 17.2 Å². The minimum absolute atomic E-state index is 0.0491. The number of amides is 1. The molecule has 2 heterocycles. The van der Waals surface area contributed by atoms with Crippen LogP contribution in [0.1, 0.15) is 32.1 Å². The van der Waals surface area contributed by atoms with Crippen LogP contribution in [-0.2, 0) is 25.8 Å². The fourth-order valence-electron chi connectivity index (χ4n) is 6.72. The number of alkyl halides is 3. The van der Waals surface area contributed by atoms with Gasteiger partial charge in [-0.2, -0.15) is 18.2 Å². The molecule has 0 bridgehead atoms. The molecule has 1 aliphatic heterocycles. The molecule has 0 atom stereocenters. The van der Waals surface area contributed by atoms with Crippen LogP contribution in [0, 0.1) is 5.92 Å². The molecule has 3 aromatic carbocycles. The number of hydrogen-bond donors (Lipinski definition) is 0. The Bertz CT molecular complexity index is 1930. The summed E-state index contributed by atoms with van der Waals surface area (Å²) in [5, 5.41) is 0.926. The van der Waals surface area contributed by atoms with Gasteiger partial charge in [0.05, 0.1) is 27.0 Å². The molecule has 0 radical (unpaired) electrons. The van der Waals surface area contributed by atoms with Gasteiger partial charge in [-0.25, -0.2) is 8.42 Å². The van der Waals surface area contributed by atoms with Crippen LogP contribution in [0.3, 0.4) is 0 Å². The van der Waals surface area contributed by atoms with E-state index in [2.05, 4.69) is 58.3 Å². The van der Waals surface area contributed by atoms with Gasteiger partial charge in [-0.3, -0.25) is 14.6 Å². The fourth-order valence-corrected chi connectivity index (χ4v) is 8.69.